The van der Waals surface area contributed by atoms with Crippen LogP contribution in [0, 0.1) is 11.3 Å². The molecule has 2 aromatic rings. The number of thiazole rings is 1. The number of benzene rings is 1. The van der Waals surface area contributed by atoms with Gasteiger partial charge in [-0.2, -0.15) is 5.26 Å². The van der Waals surface area contributed by atoms with Crippen molar-refractivity contribution in [3.8, 4) is 6.07 Å². The average Bonchev–Trinajstić information content (AvgIpc) is 3.45. The molecule has 0 fully saturated rings. The van der Waals surface area contributed by atoms with Gasteiger partial charge in [-0.05, 0) is 74.6 Å². The fourth-order valence-corrected chi connectivity index (χ4v) is 7.33. The van der Waals surface area contributed by atoms with Crippen molar-refractivity contribution < 1.29 is 19.2 Å². The highest BCUT2D eigenvalue weighted by molar-refractivity contribution is 7.95. The SMILES string of the molecule is CC(C)(O)c1nc(CO)c(S(C)(=O)=NC(=O)Nc2c3c(c(C#N)c4c2CCC4)CCC3)s1. The Hall–Kier alpha value is -2.32. The summed E-state index contributed by atoms with van der Waals surface area (Å²) in [5.74, 6) is 0. The number of rotatable bonds is 4. The molecule has 4 rings (SSSR count). The molecule has 0 bridgehead atoms. The first-order valence-corrected chi connectivity index (χ1v) is 13.3. The van der Waals surface area contributed by atoms with Crippen LogP contribution in [0.3, 0.4) is 0 Å². The number of aliphatic hydroxyl groups excluding tert-OH is 1. The van der Waals surface area contributed by atoms with Gasteiger partial charge in [0.05, 0.1) is 33.7 Å². The predicted molar refractivity (Wildman–Crippen MR) is 122 cm³/mol. The van der Waals surface area contributed by atoms with Crippen LogP contribution >= 0.6 is 11.3 Å². The number of urea groups is 1. The van der Waals surface area contributed by atoms with Gasteiger partial charge in [-0.15, -0.1) is 15.7 Å². The maximum atomic E-state index is 13.4. The summed E-state index contributed by atoms with van der Waals surface area (Å²) in [6.07, 6.45) is 6.39. The summed E-state index contributed by atoms with van der Waals surface area (Å²) >= 11 is 0.985. The van der Waals surface area contributed by atoms with E-state index in [0.29, 0.717) is 5.01 Å². The molecule has 170 valence electrons. The van der Waals surface area contributed by atoms with Crippen LogP contribution in [0.4, 0.5) is 10.5 Å². The molecule has 3 N–H and O–H groups in total. The smallest absolute Gasteiger partial charge is 0.353 e. The van der Waals surface area contributed by atoms with E-state index in [4.69, 9.17) is 0 Å². The van der Waals surface area contributed by atoms with Gasteiger partial charge < -0.3 is 15.5 Å². The quantitative estimate of drug-likeness (QED) is 0.621. The van der Waals surface area contributed by atoms with Crippen molar-refractivity contribution in [1.82, 2.24) is 4.98 Å². The lowest BCUT2D eigenvalue weighted by Crippen LogP contribution is -2.14. The van der Waals surface area contributed by atoms with E-state index in [1.165, 1.54) is 6.26 Å². The fraction of sp³-hybridized carbons (Fsp3) is 0.500. The van der Waals surface area contributed by atoms with Gasteiger partial charge in [0.1, 0.15) is 14.8 Å². The number of nitrogens with one attached hydrogen (secondary N) is 1. The van der Waals surface area contributed by atoms with Crippen LogP contribution in [0.25, 0.3) is 0 Å². The molecule has 0 saturated carbocycles. The third-order valence-electron chi connectivity index (χ3n) is 5.92. The number of amides is 2. The molecule has 2 amide bonds. The molecule has 0 aliphatic heterocycles. The van der Waals surface area contributed by atoms with Crippen molar-refractivity contribution in [2.75, 3.05) is 11.6 Å². The number of nitriles is 1. The Morgan fingerprint density at radius 1 is 1.22 bits per heavy atom. The van der Waals surface area contributed by atoms with Crippen molar-refractivity contribution in [2.24, 2.45) is 4.36 Å². The molecular formula is C22H26N4O4S2. The second-order valence-corrected chi connectivity index (χ2v) is 12.2. The van der Waals surface area contributed by atoms with Crippen LogP contribution in [0.2, 0.25) is 0 Å². The monoisotopic (exact) mass is 474 g/mol. The number of hydrogen-bond donors (Lipinski definition) is 3. The topological polar surface area (TPSA) is 136 Å². The second-order valence-electron chi connectivity index (χ2n) is 8.78. The van der Waals surface area contributed by atoms with Crippen LogP contribution in [-0.4, -0.2) is 31.7 Å². The van der Waals surface area contributed by atoms with E-state index in [9.17, 15) is 24.5 Å². The lowest BCUT2D eigenvalue weighted by molar-refractivity contribution is 0.0779. The van der Waals surface area contributed by atoms with E-state index in [1.807, 2.05) is 0 Å². The summed E-state index contributed by atoms with van der Waals surface area (Å²) < 4.78 is 17.5. The normalized spacial score (nSPS) is 16.8. The van der Waals surface area contributed by atoms with Gasteiger partial charge in [-0.1, -0.05) is 0 Å². The fourth-order valence-electron chi connectivity index (χ4n) is 4.57. The molecule has 0 spiro atoms. The molecular weight excluding hydrogens is 448 g/mol. The van der Waals surface area contributed by atoms with Crippen LogP contribution in [0.15, 0.2) is 8.57 Å². The molecule has 2 aliphatic rings. The molecule has 0 radical (unpaired) electrons. The molecule has 1 aromatic carbocycles. The third kappa shape index (κ3) is 3.94. The summed E-state index contributed by atoms with van der Waals surface area (Å²) in [4.78, 5) is 17.1. The highest BCUT2D eigenvalue weighted by atomic mass is 32.2. The maximum absolute atomic E-state index is 13.4. The van der Waals surface area contributed by atoms with Crippen molar-refractivity contribution in [2.45, 2.75) is 68.8 Å². The number of carbonyl (C=O) groups is 1. The molecule has 0 saturated heterocycles. The largest absolute Gasteiger partial charge is 0.390 e. The lowest BCUT2D eigenvalue weighted by Gasteiger charge is -2.17. The van der Waals surface area contributed by atoms with Gasteiger partial charge in [-0.25, -0.2) is 14.0 Å². The van der Waals surface area contributed by atoms with E-state index in [1.54, 1.807) is 13.8 Å². The molecule has 1 atom stereocenters. The Balaban J connectivity index is 1.73. The first-order valence-electron chi connectivity index (χ1n) is 10.5. The molecule has 1 unspecified atom stereocenters. The number of anilines is 1. The number of hydrogen-bond acceptors (Lipinski definition) is 7. The Morgan fingerprint density at radius 3 is 2.28 bits per heavy atom. The summed E-state index contributed by atoms with van der Waals surface area (Å²) in [5.41, 5.74) is 4.37. The van der Waals surface area contributed by atoms with Gasteiger partial charge in [-0.3, -0.25) is 0 Å². The van der Waals surface area contributed by atoms with Crippen LogP contribution < -0.4 is 5.32 Å². The zero-order chi connectivity index (χ0) is 23.3. The zero-order valence-corrected chi connectivity index (χ0v) is 20.0. The Morgan fingerprint density at radius 2 is 1.78 bits per heavy atom. The first-order chi connectivity index (χ1) is 15.1. The number of fused-ring (bicyclic) bond motifs is 2. The number of carbonyl (C=O) groups excluding carboxylic acids is 1. The van der Waals surface area contributed by atoms with E-state index in [2.05, 4.69) is 20.7 Å². The summed E-state index contributed by atoms with van der Waals surface area (Å²) in [7, 11) is -3.21. The zero-order valence-electron chi connectivity index (χ0n) is 18.3. The minimum absolute atomic E-state index is 0.149. The van der Waals surface area contributed by atoms with E-state index < -0.39 is 28.0 Å². The van der Waals surface area contributed by atoms with Gasteiger partial charge in [0.15, 0.2) is 0 Å². The summed E-state index contributed by atoms with van der Waals surface area (Å²) in [6, 6.07) is 1.63. The average molecular weight is 475 g/mol. The first kappa shape index (κ1) is 22.9. The molecule has 10 heteroatoms. The highest BCUT2D eigenvalue weighted by Gasteiger charge is 2.30. The van der Waals surface area contributed by atoms with Crippen molar-refractivity contribution >= 4 is 32.8 Å². The van der Waals surface area contributed by atoms with Gasteiger partial charge in [0.25, 0.3) is 0 Å². The molecule has 1 aromatic heterocycles. The van der Waals surface area contributed by atoms with Crippen molar-refractivity contribution in [3.63, 3.8) is 0 Å². The number of nitrogens with zero attached hydrogens (tertiary/aromatic N) is 3. The van der Waals surface area contributed by atoms with Crippen LogP contribution in [0.1, 0.15) is 65.2 Å². The molecule has 32 heavy (non-hydrogen) atoms. The standard InChI is InChI=1S/C22H26N4O4S2/c1-22(2,29)20-24-17(11-27)19(31-20)32(3,30)26-21(28)25-18-14-8-4-6-12(14)16(10-23)13-7-5-9-15(13)18/h27,29H,4-9,11H2,1-3H3,(H,25,28). The summed E-state index contributed by atoms with van der Waals surface area (Å²) in [5, 5.41) is 32.7. The maximum Gasteiger partial charge on any atom is 0.353 e. The van der Waals surface area contributed by atoms with Gasteiger partial charge in [0.2, 0.25) is 0 Å². The minimum Gasteiger partial charge on any atom is -0.390 e. The minimum atomic E-state index is -3.21. The summed E-state index contributed by atoms with van der Waals surface area (Å²) in [6.45, 7) is 2.62. The Bertz CT molecular complexity index is 1240. The molecule has 1 heterocycles. The molecule has 8 nitrogen and oxygen atoms in total. The second kappa shape index (κ2) is 8.23. The highest BCUT2D eigenvalue weighted by Crippen LogP contribution is 2.41. The Labute approximate surface area is 191 Å². The van der Waals surface area contributed by atoms with E-state index >= 15 is 0 Å². The predicted octanol–water partition coefficient (Wildman–Crippen LogP) is 3.40. The lowest BCUT2D eigenvalue weighted by atomic mass is 9.93. The number of aromatic nitrogens is 1. The van der Waals surface area contributed by atoms with Crippen molar-refractivity contribution in [3.05, 3.63) is 38.5 Å². The van der Waals surface area contributed by atoms with Gasteiger partial charge >= 0.3 is 6.03 Å². The number of aliphatic hydroxyl groups is 2. The van der Waals surface area contributed by atoms with E-state index in [0.717, 1.165) is 83.4 Å². The van der Waals surface area contributed by atoms with Crippen molar-refractivity contribution in [1.29, 1.82) is 5.26 Å². The van der Waals surface area contributed by atoms with Crippen LogP contribution in [-0.2, 0) is 47.6 Å². The van der Waals surface area contributed by atoms with Gasteiger partial charge in [0, 0.05) is 11.9 Å². The van der Waals surface area contributed by atoms with E-state index in [-0.39, 0.29) is 9.90 Å². The third-order valence-corrected chi connectivity index (χ3v) is 9.74. The Kier molecular flexibility index (Phi) is 5.88. The van der Waals surface area contributed by atoms with Crippen LogP contribution in [0.5, 0.6) is 0 Å². The molecule has 2 aliphatic carbocycles.